The lowest BCUT2D eigenvalue weighted by atomic mass is 10.1. The second-order valence-electron chi connectivity index (χ2n) is 7.43. The lowest BCUT2D eigenvalue weighted by Crippen LogP contribution is -2.43. The molecule has 1 atom stereocenters. The highest BCUT2D eigenvalue weighted by Crippen LogP contribution is 2.32. The number of hydrogen-bond donors (Lipinski definition) is 0. The first-order valence-electron chi connectivity index (χ1n) is 9.07. The average molecular weight is 387 g/mol. The Bertz CT molecular complexity index is 975. The quantitative estimate of drug-likeness (QED) is 0.811. The van der Waals surface area contributed by atoms with Crippen molar-refractivity contribution in [1.82, 2.24) is 4.31 Å². The Kier molecular flexibility index (Phi) is 5.14. The fourth-order valence-electron chi connectivity index (χ4n) is 4.03. The number of fused-ring (bicyclic) bond motifs is 1. The fourth-order valence-corrected chi connectivity index (χ4v) is 5.55. The van der Waals surface area contributed by atoms with Crippen molar-refractivity contribution in [2.24, 2.45) is 0 Å². The normalized spacial score (nSPS) is 16.7. The number of amides is 1. The number of rotatable bonds is 4. The second kappa shape index (κ2) is 7.09. The first-order chi connectivity index (χ1) is 12.6. The van der Waals surface area contributed by atoms with Crippen LogP contribution in [-0.4, -0.2) is 38.3 Å². The molecule has 27 heavy (non-hydrogen) atoms. The number of likely N-dealkylation sites (N-methyl/N-ethyl adjacent to an activating group) is 1. The first kappa shape index (κ1) is 19.6. The highest BCUT2D eigenvalue weighted by Gasteiger charge is 2.33. The molecule has 5 nitrogen and oxygen atoms in total. The van der Waals surface area contributed by atoms with Crippen molar-refractivity contribution >= 4 is 21.6 Å². The lowest BCUT2D eigenvalue weighted by molar-refractivity contribution is -0.118. The van der Waals surface area contributed by atoms with Crippen molar-refractivity contribution in [2.75, 3.05) is 18.5 Å². The minimum atomic E-state index is -3.75. The van der Waals surface area contributed by atoms with Gasteiger partial charge in [0.25, 0.3) is 0 Å². The van der Waals surface area contributed by atoms with E-state index in [-0.39, 0.29) is 18.5 Å². The number of aryl methyl sites for hydroxylation is 3. The molecule has 1 aliphatic rings. The summed E-state index contributed by atoms with van der Waals surface area (Å²) in [6.45, 7) is 7.33. The van der Waals surface area contributed by atoms with Crippen LogP contribution in [0, 0.1) is 20.8 Å². The van der Waals surface area contributed by atoms with Crippen LogP contribution >= 0.6 is 0 Å². The summed E-state index contributed by atoms with van der Waals surface area (Å²) in [7, 11) is -2.28. The van der Waals surface area contributed by atoms with Crippen LogP contribution in [0.1, 0.15) is 29.2 Å². The molecule has 3 rings (SSSR count). The topological polar surface area (TPSA) is 57.7 Å². The summed E-state index contributed by atoms with van der Waals surface area (Å²) in [4.78, 5) is 15.0. The van der Waals surface area contributed by atoms with Crippen molar-refractivity contribution in [3.05, 3.63) is 58.7 Å². The zero-order chi connectivity index (χ0) is 19.9. The number of hydrogen-bond acceptors (Lipinski definition) is 3. The maximum Gasteiger partial charge on any atom is 0.243 e. The summed E-state index contributed by atoms with van der Waals surface area (Å²) in [5.74, 6) is -0.207. The second-order valence-corrected chi connectivity index (χ2v) is 9.42. The molecule has 2 aromatic rings. The van der Waals surface area contributed by atoms with Gasteiger partial charge in [-0.05, 0) is 56.9 Å². The van der Waals surface area contributed by atoms with Gasteiger partial charge in [0.1, 0.15) is 0 Å². The van der Waals surface area contributed by atoms with Crippen LogP contribution in [0.2, 0.25) is 0 Å². The molecule has 6 heteroatoms. The lowest BCUT2D eigenvalue weighted by Gasteiger charge is -2.26. The summed E-state index contributed by atoms with van der Waals surface area (Å²) in [5.41, 5.74) is 4.42. The Morgan fingerprint density at radius 2 is 1.74 bits per heavy atom. The largest absolute Gasteiger partial charge is 0.308 e. The third-order valence-corrected chi connectivity index (χ3v) is 7.22. The molecule has 1 aliphatic heterocycles. The molecule has 0 bridgehead atoms. The highest BCUT2D eigenvalue weighted by atomic mass is 32.2. The number of carbonyl (C=O) groups is 1. The van der Waals surface area contributed by atoms with Gasteiger partial charge in [-0.2, -0.15) is 4.31 Å². The zero-order valence-corrected chi connectivity index (χ0v) is 17.3. The Hall–Kier alpha value is -2.18. The maximum absolute atomic E-state index is 13.1. The minimum absolute atomic E-state index is 0.0221. The standard InChI is InChI=1S/C21H26N2O3S/c1-14-10-15(2)21(16(3)11-14)27(25,26)22(5)13-20(24)23-17(4)12-18-8-6-7-9-19(18)23/h6-11,17H,12-13H2,1-5H3/t17-/m0/s1. The van der Waals surface area contributed by atoms with Gasteiger partial charge in [0.15, 0.2) is 0 Å². The van der Waals surface area contributed by atoms with Crippen molar-refractivity contribution in [2.45, 2.75) is 45.1 Å². The minimum Gasteiger partial charge on any atom is -0.308 e. The van der Waals surface area contributed by atoms with Gasteiger partial charge in [-0.15, -0.1) is 0 Å². The van der Waals surface area contributed by atoms with Crippen LogP contribution in [0.3, 0.4) is 0 Å². The number of anilines is 1. The Balaban J connectivity index is 1.87. The number of benzene rings is 2. The molecule has 0 aliphatic carbocycles. The summed E-state index contributed by atoms with van der Waals surface area (Å²) in [5, 5.41) is 0. The van der Waals surface area contributed by atoms with Crippen molar-refractivity contribution in [3.8, 4) is 0 Å². The molecular formula is C21H26N2O3S. The van der Waals surface area contributed by atoms with Gasteiger partial charge in [-0.1, -0.05) is 35.9 Å². The Morgan fingerprint density at radius 3 is 2.37 bits per heavy atom. The van der Waals surface area contributed by atoms with E-state index < -0.39 is 10.0 Å². The van der Waals surface area contributed by atoms with Gasteiger partial charge in [0.2, 0.25) is 15.9 Å². The van der Waals surface area contributed by atoms with Crippen LogP contribution in [0.15, 0.2) is 41.3 Å². The third-order valence-electron chi connectivity index (χ3n) is 5.11. The van der Waals surface area contributed by atoms with Crippen LogP contribution in [-0.2, 0) is 21.2 Å². The predicted molar refractivity (Wildman–Crippen MR) is 108 cm³/mol. The van der Waals surface area contributed by atoms with E-state index in [4.69, 9.17) is 0 Å². The first-order valence-corrected chi connectivity index (χ1v) is 10.5. The van der Waals surface area contributed by atoms with E-state index in [2.05, 4.69) is 0 Å². The van der Waals surface area contributed by atoms with Crippen LogP contribution in [0.25, 0.3) is 0 Å². The molecule has 0 saturated carbocycles. The molecule has 0 spiro atoms. The third kappa shape index (κ3) is 3.51. The van der Waals surface area contributed by atoms with E-state index >= 15 is 0 Å². The molecule has 0 radical (unpaired) electrons. The van der Waals surface area contributed by atoms with E-state index in [0.717, 1.165) is 27.5 Å². The predicted octanol–water partition coefficient (Wildman–Crippen LogP) is 3.21. The highest BCUT2D eigenvalue weighted by molar-refractivity contribution is 7.89. The molecule has 0 N–H and O–H groups in total. The van der Waals surface area contributed by atoms with E-state index in [1.54, 1.807) is 18.7 Å². The zero-order valence-electron chi connectivity index (χ0n) is 16.5. The van der Waals surface area contributed by atoms with Gasteiger partial charge >= 0.3 is 0 Å². The molecule has 2 aromatic carbocycles. The molecule has 0 fully saturated rings. The monoisotopic (exact) mass is 386 g/mol. The van der Waals surface area contributed by atoms with Gasteiger partial charge in [-0.25, -0.2) is 8.42 Å². The molecule has 0 saturated heterocycles. The van der Waals surface area contributed by atoms with Gasteiger partial charge in [0, 0.05) is 18.8 Å². The smallest absolute Gasteiger partial charge is 0.243 e. The summed E-state index contributed by atoms with van der Waals surface area (Å²) < 4.78 is 27.4. The fraction of sp³-hybridized carbons (Fsp3) is 0.381. The van der Waals surface area contributed by atoms with Crippen molar-refractivity contribution < 1.29 is 13.2 Å². The molecule has 144 valence electrons. The number of carbonyl (C=O) groups excluding carboxylic acids is 1. The number of sulfonamides is 1. The van der Waals surface area contributed by atoms with Gasteiger partial charge < -0.3 is 4.90 Å². The number of nitrogens with zero attached hydrogens (tertiary/aromatic N) is 2. The van der Waals surface area contributed by atoms with Crippen LogP contribution < -0.4 is 4.90 Å². The van der Waals surface area contributed by atoms with Gasteiger partial charge in [-0.3, -0.25) is 4.79 Å². The summed E-state index contributed by atoms with van der Waals surface area (Å²) >= 11 is 0. The van der Waals surface area contributed by atoms with Crippen molar-refractivity contribution in [3.63, 3.8) is 0 Å². The van der Waals surface area contributed by atoms with Crippen LogP contribution in [0.5, 0.6) is 0 Å². The summed E-state index contributed by atoms with van der Waals surface area (Å²) in [6, 6.07) is 11.5. The SMILES string of the molecule is Cc1cc(C)c(S(=O)(=O)N(C)CC(=O)N2c3ccccc3C[C@@H]2C)c(C)c1. The van der Waals surface area contributed by atoms with Crippen molar-refractivity contribution in [1.29, 1.82) is 0 Å². The molecular weight excluding hydrogens is 360 g/mol. The van der Waals surface area contributed by atoms with Gasteiger partial charge in [0.05, 0.1) is 11.4 Å². The molecule has 0 unspecified atom stereocenters. The molecule has 0 aromatic heterocycles. The molecule has 1 amide bonds. The van der Waals surface area contributed by atoms with Crippen LogP contribution in [0.4, 0.5) is 5.69 Å². The average Bonchev–Trinajstić information content (AvgIpc) is 2.89. The Morgan fingerprint density at radius 1 is 1.15 bits per heavy atom. The summed E-state index contributed by atoms with van der Waals surface area (Å²) in [6.07, 6.45) is 0.786. The van der Waals surface area contributed by atoms with E-state index in [1.165, 1.54) is 7.05 Å². The number of para-hydroxylation sites is 1. The van der Waals surface area contributed by atoms with E-state index in [1.807, 2.05) is 50.2 Å². The van der Waals surface area contributed by atoms with E-state index in [0.29, 0.717) is 16.0 Å². The van der Waals surface area contributed by atoms with E-state index in [9.17, 15) is 13.2 Å². The Labute approximate surface area is 161 Å². The maximum atomic E-state index is 13.1. The molecule has 1 heterocycles.